The van der Waals surface area contributed by atoms with Gasteiger partial charge in [0.2, 0.25) is 5.95 Å². The Hall–Kier alpha value is -3.70. The van der Waals surface area contributed by atoms with E-state index in [-0.39, 0.29) is 0 Å². The lowest BCUT2D eigenvalue weighted by atomic mass is 10.1. The van der Waals surface area contributed by atoms with Crippen LogP contribution in [0.3, 0.4) is 0 Å². The molecule has 3 rings (SSSR count). The first-order chi connectivity index (χ1) is 14.7. The van der Waals surface area contributed by atoms with Crippen molar-refractivity contribution in [3.05, 3.63) is 36.8 Å². The number of aromatic amines is 1. The number of nitrogens with one attached hydrogen (secondary N) is 2. The normalized spacial score (nSPS) is 10.7. The maximum Gasteiger partial charge on any atom is 0.490 e. The van der Waals surface area contributed by atoms with E-state index in [2.05, 4.69) is 37.4 Å². The minimum atomic E-state index is -5.08. The lowest BCUT2D eigenvalue weighted by Crippen LogP contribution is -2.21. The van der Waals surface area contributed by atoms with Crippen molar-refractivity contribution >= 4 is 11.9 Å². The van der Waals surface area contributed by atoms with Gasteiger partial charge in [0.05, 0.1) is 13.3 Å². The van der Waals surface area contributed by atoms with Gasteiger partial charge in [-0.1, -0.05) is 13.3 Å². The van der Waals surface area contributed by atoms with Gasteiger partial charge in [-0.15, -0.1) is 5.10 Å². The first kappa shape index (κ1) is 23.6. The number of hydrogen-bond acceptors (Lipinski definition) is 7. The van der Waals surface area contributed by atoms with Crippen LogP contribution in [0.25, 0.3) is 22.6 Å². The van der Waals surface area contributed by atoms with Gasteiger partial charge in [0.15, 0.2) is 5.82 Å². The molecule has 3 heterocycles. The number of nitrogens with zero attached hydrogens (tertiary/aromatic N) is 4. The summed E-state index contributed by atoms with van der Waals surface area (Å²) in [6.45, 7) is 3.00. The monoisotopic (exact) mass is 438 g/mol. The molecule has 0 unspecified atom stereocenters. The van der Waals surface area contributed by atoms with E-state index in [0.29, 0.717) is 17.5 Å². The second-order valence-electron chi connectivity index (χ2n) is 6.13. The molecule has 0 aliphatic rings. The van der Waals surface area contributed by atoms with Gasteiger partial charge in [-0.2, -0.15) is 18.2 Å². The van der Waals surface area contributed by atoms with Crippen molar-refractivity contribution in [3.8, 4) is 28.4 Å². The number of methoxy groups -OCH3 is 1. The Bertz CT molecular complexity index is 994. The first-order valence-electron chi connectivity index (χ1n) is 9.16. The number of unbranched alkanes of at least 4 members (excludes halogenated alkanes) is 1. The maximum absolute atomic E-state index is 10.6. The molecule has 3 aromatic heterocycles. The number of pyridine rings is 2. The average molecular weight is 438 g/mol. The highest BCUT2D eigenvalue weighted by molar-refractivity contribution is 5.73. The molecule has 0 saturated heterocycles. The summed E-state index contributed by atoms with van der Waals surface area (Å²) in [5.41, 5.74) is 2.67. The lowest BCUT2D eigenvalue weighted by molar-refractivity contribution is -0.192. The van der Waals surface area contributed by atoms with Gasteiger partial charge >= 0.3 is 12.1 Å². The van der Waals surface area contributed by atoms with Gasteiger partial charge in [0, 0.05) is 24.5 Å². The number of carboxylic acids is 1. The van der Waals surface area contributed by atoms with Gasteiger partial charge < -0.3 is 15.2 Å². The van der Waals surface area contributed by atoms with Crippen LogP contribution in [0.1, 0.15) is 19.8 Å². The zero-order valence-electron chi connectivity index (χ0n) is 16.8. The molecular weight excluding hydrogens is 417 g/mol. The summed E-state index contributed by atoms with van der Waals surface area (Å²) in [5.74, 6) is -0.819. The fraction of sp³-hybridized carbons (Fsp3) is 0.316. The largest absolute Gasteiger partial charge is 0.495 e. The molecular formula is C19H21F3N6O3. The van der Waals surface area contributed by atoms with Gasteiger partial charge in [0.1, 0.15) is 11.4 Å². The molecule has 0 aromatic carbocycles. The third kappa shape index (κ3) is 7.24. The molecule has 3 aromatic rings. The zero-order valence-corrected chi connectivity index (χ0v) is 16.8. The Morgan fingerprint density at radius 3 is 2.65 bits per heavy atom. The highest BCUT2D eigenvalue weighted by Gasteiger charge is 2.38. The summed E-state index contributed by atoms with van der Waals surface area (Å²) < 4.78 is 37.0. The van der Waals surface area contributed by atoms with Crippen LogP contribution in [0.4, 0.5) is 19.1 Å². The highest BCUT2D eigenvalue weighted by atomic mass is 19.4. The Kier molecular flexibility index (Phi) is 8.29. The zero-order chi connectivity index (χ0) is 22.9. The Labute approximate surface area is 175 Å². The number of H-pyrrole nitrogens is 1. The van der Waals surface area contributed by atoms with E-state index in [4.69, 9.17) is 14.6 Å². The fourth-order valence-electron chi connectivity index (χ4n) is 2.26. The number of ether oxygens (including phenoxy) is 1. The van der Waals surface area contributed by atoms with Crippen LogP contribution in [-0.4, -0.2) is 56.1 Å². The molecule has 0 atom stereocenters. The molecule has 0 amide bonds. The van der Waals surface area contributed by atoms with E-state index in [1.807, 2.05) is 18.2 Å². The van der Waals surface area contributed by atoms with Crippen molar-refractivity contribution in [2.45, 2.75) is 25.9 Å². The summed E-state index contributed by atoms with van der Waals surface area (Å²) in [7, 11) is 1.63. The van der Waals surface area contributed by atoms with Crippen molar-refractivity contribution < 1.29 is 27.8 Å². The van der Waals surface area contributed by atoms with Gasteiger partial charge in [-0.3, -0.25) is 15.1 Å². The number of halogens is 3. The van der Waals surface area contributed by atoms with E-state index < -0.39 is 12.1 Å². The average Bonchev–Trinajstić information content (AvgIpc) is 3.23. The summed E-state index contributed by atoms with van der Waals surface area (Å²) >= 11 is 0. The number of carbonyl (C=O) groups is 1. The SMILES string of the molecule is CCCCNc1n[nH]c(-c2cc(-c3cncc(OC)c3)ccn2)n1.O=C(O)C(F)(F)F. The van der Waals surface area contributed by atoms with Crippen LogP contribution in [0.5, 0.6) is 5.75 Å². The van der Waals surface area contributed by atoms with E-state index in [1.165, 1.54) is 0 Å². The number of alkyl halides is 3. The number of anilines is 1. The smallest absolute Gasteiger partial charge is 0.490 e. The second-order valence-corrected chi connectivity index (χ2v) is 6.13. The minimum Gasteiger partial charge on any atom is -0.495 e. The van der Waals surface area contributed by atoms with Crippen LogP contribution >= 0.6 is 0 Å². The number of aliphatic carboxylic acids is 1. The number of hydrogen-bond donors (Lipinski definition) is 3. The van der Waals surface area contributed by atoms with E-state index in [0.717, 1.165) is 36.2 Å². The topological polar surface area (TPSA) is 126 Å². The van der Waals surface area contributed by atoms with Crippen LogP contribution in [0.2, 0.25) is 0 Å². The van der Waals surface area contributed by atoms with E-state index >= 15 is 0 Å². The van der Waals surface area contributed by atoms with Crippen molar-refractivity contribution in [2.24, 2.45) is 0 Å². The standard InChI is InChI=1S/C17H20N6O.C2HF3O2/c1-3-4-6-20-17-21-16(22-23-17)15-9-12(5-7-19-15)13-8-14(24-2)11-18-10-13;3-2(4,5)1(6)7/h5,7-11H,3-4,6H2,1-2H3,(H2,20,21,22,23);(H,6,7). The van der Waals surface area contributed by atoms with Crippen LogP contribution in [0, 0.1) is 0 Å². The quantitative estimate of drug-likeness (QED) is 0.476. The highest BCUT2D eigenvalue weighted by Crippen LogP contribution is 2.25. The summed E-state index contributed by atoms with van der Waals surface area (Å²) in [5, 5.41) is 17.4. The van der Waals surface area contributed by atoms with Crippen molar-refractivity contribution in [1.29, 1.82) is 0 Å². The Balaban J connectivity index is 0.000000423. The number of aromatic nitrogens is 5. The molecule has 0 aliphatic heterocycles. The molecule has 0 spiro atoms. The Morgan fingerprint density at radius 2 is 2.00 bits per heavy atom. The minimum absolute atomic E-state index is 0.591. The molecule has 12 heteroatoms. The van der Waals surface area contributed by atoms with Gasteiger partial charge in [-0.25, -0.2) is 4.79 Å². The molecule has 3 N–H and O–H groups in total. The first-order valence-corrected chi connectivity index (χ1v) is 9.16. The molecule has 0 bridgehead atoms. The summed E-state index contributed by atoms with van der Waals surface area (Å²) in [4.78, 5) is 21.9. The molecule has 0 saturated carbocycles. The van der Waals surface area contributed by atoms with E-state index in [1.54, 1.807) is 25.7 Å². The molecule has 0 fully saturated rings. The Morgan fingerprint density at radius 1 is 1.26 bits per heavy atom. The molecule has 166 valence electrons. The number of carboxylic acid groups (broad SMARTS) is 1. The van der Waals surface area contributed by atoms with E-state index in [9.17, 15) is 13.2 Å². The van der Waals surface area contributed by atoms with Crippen molar-refractivity contribution in [1.82, 2.24) is 25.1 Å². The van der Waals surface area contributed by atoms with Gasteiger partial charge in [-0.05, 0) is 30.2 Å². The molecule has 0 aliphatic carbocycles. The molecule has 9 nitrogen and oxygen atoms in total. The third-order valence-electron chi connectivity index (χ3n) is 3.83. The van der Waals surface area contributed by atoms with Crippen LogP contribution in [0.15, 0.2) is 36.8 Å². The summed E-state index contributed by atoms with van der Waals surface area (Å²) in [6, 6.07) is 5.81. The van der Waals surface area contributed by atoms with Gasteiger partial charge in [0.25, 0.3) is 0 Å². The predicted molar refractivity (Wildman–Crippen MR) is 106 cm³/mol. The van der Waals surface area contributed by atoms with Crippen LogP contribution in [-0.2, 0) is 4.79 Å². The lowest BCUT2D eigenvalue weighted by Gasteiger charge is -2.05. The van der Waals surface area contributed by atoms with Crippen molar-refractivity contribution in [2.75, 3.05) is 19.0 Å². The number of rotatable bonds is 7. The molecule has 0 radical (unpaired) electrons. The fourth-order valence-corrected chi connectivity index (χ4v) is 2.26. The molecule has 31 heavy (non-hydrogen) atoms. The maximum atomic E-state index is 10.6. The van der Waals surface area contributed by atoms with Crippen molar-refractivity contribution in [3.63, 3.8) is 0 Å². The third-order valence-corrected chi connectivity index (χ3v) is 3.83. The summed E-state index contributed by atoms with van der Waals surface area (Å²) in [6.07, 6.45) is 2.34. The van der Waals surface area contributed by atoms with Crippen LogP contribution < -0.4 is 10.1 Å². The predicted octanol–water partition coefficient (Wildman–Crippen LogP) is 3.78. The second kappa shape index (κ2) is 10.9.